The molecule has 1 aliphatic rings. The zero-order valence-electron chi connectivity index (χ0n) is 22.4. The number of thiocarbonyl (C=S) groups is 1. The Balaban J connectivity index is 1.43. The number of nitrogens with one attached hydrogen (secondary N) is 2. The molecule has 2 aromatic heterocycles. The van der Waals surface area contributed by atoms with Crippen molar-refractivity contribution >= 4 is 51.9 Å². The Kier molecular flexibility index (Phi) is 9.62. The van der Waals surface area contributed by atoms with Crippen molar-refractivity contribution in [3.05, 3.63) is 41.7 Å². The summed E-state index contributed by atoms with van der Waals surface area (Å²) in [6, 6.07) is 6.76. The van der Waals surface area contributed by atoms with Gasteiger partial charge < -0.3 is 25.2 Å². The molecule has 3 aromatic rings. The van der Waals surface area contributed by atoms with E-state index in [0.717, 1.165) is 56.8 Å². The van der Waals surface area contributed by atoms with Gasteiger partial charge in [-0.25, -0.2) is 9.98 Å². The van der Waals surface area contributed by atoms with Gasteiger partial charge in [-0.1, -0.05) is 25.7 Å². The summed E-state index contributed by atoms with van der Waals surface area (Å²) < 4.78 is 2.04. The molecule has 0 unspecified atom stereocenters. The molecule has 1 fully saturated rings. The van der Waals surface area contributed by atoms with Crippen LogP contribution in [0.25, 0.3) is 11.0 Å². The Labute approximate surface area is 233 Å². The number of aromatic nitrogens is 3. The number of aromatic hydroxyl groups is 1. The number of hydrogen-bond acceptors (Lipinski definition) is 8. The van der Waals surface area contributed by atoms with E-state index >= 15 is 0 Å². The molecule has 0 atom stereocenters. The Bertz CT molecular complexity index is 1370. The highest BCUT2D eigenvalue weighted by molar-refractivity contribution is 7.78. The third kappa shape index (κ3) is 6.99. The van der Waals surface area contributed by atoms with Crippen LogP contribution in [-0.4, -0.2) is 68.7 Å². The lowest BCUT2D eigenvalue weighted by molar-refractivity contribution is 0.0815. The minimum atomic E-state index is -0.243. The average molecular weight is 550 g/mol. The summed E-state index contributed by atoms with van der Waals surface area (Å²) in [7, 11) is 3.48. The van der Waals surface area contributed by atoms with Gasteiger partial charge in [0.15, 0.2) is 0 Å². The van der Waals surface area contributed by atoms with Crippen LogP contribution in [0.2, 0.25) is 0 Å². The van der Waals surface area contributed by atoms with E-state index in [2.05, 4.69) is 38.0 Å². The molecule has 4 rings (SSSR count). The number of benzene rings is 1. The number of carbonyl (C=O) groups is 2. The second-order valence-electron chi connectivity index (χ2n) is 10.0. The molecule has 2 heterocycles. The fourth-order valence-electron chi connectivity index (χ4n) is 4.91. The predicted molar refractivity (Wildman–Crippen MR) is 155 cm³/mol. The van der Waals surface area contributed by atoms with Gasteiger partial charge in [-0.15, -0.1) is 0 Å². The van der Waals surface area contributed by atoms with Crippen LogP contribution in [-0.2, 0) is 0 Å². The lowest BCUT2D eigenvalue weighted by Gasteiger charge is -2.19. The van der Waals surface area contributed by atoms with E-state index < -0.39 is 0 Å². The molecule has 2 amide bonds. The number of amides is 2. The predicted octanol–water partition coefficient (Wildman–Crippen LogP) is 5.09. The van der Waals surface area contributed by atoms with Gasteiger partial charge in [-0.3, -0.25) is 9.59 Å². The number of phenolic OH excluding ortho intramolecular Hbond substituents is 1. The number of isothiocyanates is 1. The smallest absolute Gasteiger partial charge is 0.270 e. The first-order chi connectivity index (χ1) is 18.9. The minimum Gasteiger partial charge on any atom is -0.506 e. The van der Waals surface area contributed by atoms with Gasteiger partial charge in [0.1, 0.15) is 17.1 Å². The number of anilines is 2. The second kappa shape index (κ2) is 13.3. The Morgan fingerprint density at radius 2 is 1.95 bits per heavy atom. The highest BCUT2D eigenvalue weighted by atomic mass is 32.1. The fraction of sp³-hybridized carbons (Fsp3) is 0.464. The van der Waals surface area contributed by atoms with Crippen molar-refractivity contribution in [1.82, 2.24) is 24.8 Å². The second-order valence-corrected chi connectivity index (χ2v) is 10.2. The van der Waals surface area contributed by atoms with Crippen molar-refractivity contribution in [2.45, 2.75) is 57.4 Å². The maximum Gasteiger partial charge on any atom is 0.270 e. The van der Waals surface area contributed by atoms with Crippen molar-refractivity contribution in [1.29, 1.82) is 0 Å². The number of rotatable bonds is 12. The zero-order chi connectivity index (χ0) is 27.8. The highest BCUT2D eigenvalue weighted by Crippen LogP contribution is 2.35. The third-order valence-electron chi connectivity index (χ3n) is 6.94. The first-order valence-corrected chi connectivity index (χ1v) is 13.8. The molecule has 1 aliphatic carbocycles. The summed E-state index contributed by atoms with van der Waals surface area (Å²) in [6.45, 7) is 1.25. The van der Waals surface area contributed by atoms with E-state index in [1.807, 2.05) is 10.6 Å². The summed E-state index contributed by atoms with van der Waals surface area (Å²) in [5.41, 5.74) is 2.04. The molecule has 11 heteroatoms. The summed E-state index contributed by atoms with van der Waals surface area (Å²) in [4.78, 5) is 40.0. The van der Waals surface area contributed by atoms with E-state index in [9.17, 15) is 14.7 Å². The van der Waals surface area contributed by atoms with Crippen LogP contribution in [0.3, 0.4) is 0 Å². The summed E-state index contributed by atoms with van der Waals surface area (Å²) in [5.74, 6) is -0.0995. The standard InChI is InChI=1S/C28H35N7O3S/c1-34(2)27(38)23-15-20-17-31-28(33-25(20)35(23)21-9-5-6-10-21)32-22-12-11-19(16-24(22)36)26(37)30-14-8-4-3-7-13-29-18-39/h11-12,15-17,21,36H,3-10,13-14H2,1-2H3,(H,30,37)(H,31,32,33). The normalized spacial score (nSPS) is 13.3. The van der Waals surface area contributed by atoms with Crippen molar-refractivity contribution in [3.63, 3.8) is 0 Å². The average Bonchev–Trinajstić information content (AvgIpc) is 3.58. The molecule has 0 aliphatic heterocycles. The molecular formula is C28H35N7O3S. The van der Waals surface area contributed by atoms with E-state index in [1.54, 1.807) is 37.3 Å². The number of phenols is 1. The fourth-order valence-corrected chi connectivity index (χ4v) is 5.00. The summed E-state index contributed by atoms with van der Waals surface area (Å²) in [6.07, 6.45) is 9.75. The number of nitrogens with zero attached hydrogens (tertiary/aromatic N) is 5. The minimum absolute atomic E-state index is 0.0716. The van der Waals surface area contributed by atoms with Gasteiger partial charge in [-0.2, -0.15) is 4.98 Å². The number of hydrogen-bond donors (Lipinski definition) is 3. The van der Waals surface area contributed by atoms with E-state index in [4.69, 9.17) is 4.98 Å². The van der Waals surface area contributed by atoms with Gasteiger partial charge in [0.25, 0.3) is 11.8 Å². The molecule has 39 heavy (non-hydrogen) atoms. The van der Waals surface area contributed by atoms with E-state index in [-0.39, 0.29) is 23.6 Å². The summed E-state index contributed by atoms with van der Waals surface area (Å²) >= 11 is 4.55. The van der Waals surface area contributed by atoms with Crippen molar-refractivity contribution in [2.75, 3.05) is 32.5 Å². The zero-order valence-corrected chi connectivity index (χ0v) is 23.3. The number of unbranched alkanes of at least 4 members (excludes halogenated alkanes) is 3. The van der Waals surface area contributed by atoms with Crippen LogP contribution in [0.5, 0.6) is 5.75 Å². The van der Waals surface area contributed by atoms with Crippen LogP contribution in [0.4, 0.5) is 11.6 Å². The number of carbonyl (C=O) groups excluding carboxylic acids is 2. The quantitative estimate of drug-likeness (QED) is 0.124. The van der Waals surface area contributed by atoms with Crippen molar-refractivity contribution in [3.8, 4) is 5.75 Å². The molecule has 10 nitrogen and oxygen atoms in total. The first kappa shape index (κ1) is 28.2. The molecule has 3 N–H and O–H groups in total. The van der Waals surface area contributed by atoms with Crippen LogP contribution in [0, 0.1) is 0 Å². The molecule has 1 saturated carbocycles. The Hall–Kier alpha value is -3.82. The Morgan fingerprint density at radius 3 is 2.67 bits per heavy atom. The number of fused-ring (bicyclic) bond motifs is 1. The molecule has 206 valence electrons. The van der Waals surface area contributed by atoms with E-state index in [0.29, 0.717) is 41.6 Å². The van der Waals surface area contributed by atoms with Crippen LogP contribution >= 0.6 is 12.2 Å². The maximum absolute atomic E-state index is 12.9. The van der Waals surface area contributed by atoms with Gasteiger partial charge in [0.2, 0.25) is 5.95 Å². The van der Waals surface area contributed by atoms with Crippen molar-refractivity contribution < 1.29 is 14.7 Å². The summed E-state index contributed by atoms with van der Waals surface area (Å²) in [5, 5.41) is 19.7. The molecule has 0 radical (unpaired) electrons. The first-order valence-electron chi connectivity index (χ1n) is 13.4. The van der Waals surface area contributed by atoms with Crippen LogP contribution in [0.15, 0.2) is 35.5 Å². The Morgan fingerprint density at radius 1 is 1.18 bits per heavy atom. The third-order valence-corrected chi connectivity index (χ3v) is 7.07. The monoisotopic (exact) mass is 549 g/mol. The largest absolute Gasteiger partial charge is 0.506 e. The maximum atomic E-state index is 12.9. The van der Waals surface area contributed by atoms with Crippen LogP contribution < -0.4 is 10.6 Å². The SMILES string of the molecule is CN(C)C(=O)c1cc2cnc(Nc3ccc(C(=O)NCCCCCCN=C=S)cc3O)nc2n1C1CCCC1. The van der Waals surface area contributed by atoms with Crippen molar-refractivity contribution in [2.24, 2.45) is 4.99 Å². The van der Waals surface area contributed by atoms with Gasteiger partial charge >= 0.3 is 0 Å². The lowest BCUT2D eigenvalue weighted by atomic mass is 10.1. The van der Waals surface area contributed by atoms with Crippen LogP contribution in [0.1, 0.15) is 78.3 Å². The van der Waals surface area contributed by atoms with E-state index in [1.165, 1.54) is 6.07 Å². The molecular weight excluding hydrogens is 514 g/mol. The molecule has 0 saturated heterocycles. The molecule has 0 bridgehead atoms. The molecule has 0 spiro atoms. The molecule has 1 aromatic carbocycles. The highest BCUT2D eigenvalue weighted by Gasteiger charge is 2.26. The van der Waals surface area contributed by atoms with Gasteiger partial charge in [0.05, 0.1) is 10.8 Å². The van der Waals surface area contributed by atoms with Gasteiger partial charge in [-0.05, 0) is 62.2 Å². The number of aliphatic imine (C=N–C) groups is 1. The van der Waals surface area contributed by atoms with Gasteiger partial charge in [0, 0.05) is 50.4 Å². The lowest BCUT2D eigenvalue weighted by Crippen LogP contribution is -2.25. The topological polar surface area (TPSA) is 125 Å².